The molecule has 1 aromatic heterocycles. The first kappa shape index (κ1) is 9.49. The predicted molar refractivity (Wildman–Crippen MR) is 58.4 cm³/mol. The molecule has 0 aliphatic rings. The van der Waals surface area contributed by atoms with Crippen LogP contribution in [0, 0.1) is 0 Å². The van der Waals surface area contributed by atoms with Gasteiger partial charge in [-0.1, -0.05) is 11.3 Å². The van der Waals surface area contributed by atoms with Crippen LogP contribution in [0.15, 0.2) is 18.2 Å². The Labute approximate surface area is 89.7 Å². The fourth-order valence-electron chi connectivity index (χ4n) is 1.40. The third-order valence-electron chi connectivity index (χ3n) is 2.01. The molecule has 0 amide bonds. The highest BCUT2D eigenvalue weighted by molar-refractivity contribution is 7.20. The van der Waals surface area contributed by atoms with Crippen molar-refractivity contribution in [3.05, 3.63) is 29.3 Å². The number of thiophene rings is 1. The molecule has 0 radical (unpaired) electrons. The van der Waals surface area contributed by atoms with E-state index in [9.17, 15) is 9.90 Å². The number of carbonyl (C=O) groups excluding carboxylic acids is 1. The molecule has 14 heavy (non-hydrogen) atoms. The zero-order valence-corrected chi connectivity index (χ0v) is 8.73. The quantitative estimate of drug-likeness (QED) is 0.631. The minimum atomic E-state index is 0.245. The topological polar surface area (TPSA) is 37.3 Å². The first-order valence-electron chi connectivity index (χ1n) is 4.01. The Bertz CT molecular complexity index is 490. The average Bonchev–Trinajstić information content (AvgIpc) is 2.56. The average molecular weight is 227 g/mol. The summed E-state index contributed by atoms with van der Waals surface area (Å²) < 4.78 is 0.891. The first-order chi connectivity index (χ1) is 6.74. The molecule has 0 bridgehead atoms. The lowest BCUT2D eigenvalue weighted by molar-refractivity contribution is 0.112. The van der Waals surface area contributed by atoms with Gasteiger partial charge in [-0.05, 0) is 23.8 Å². The third-order valence-corrected chi connectivity index (χ3v) is 3.19. The van der Waals surface area contributed by atoms with Crippen molar-refractivity contribution in [1.29, 1.82) is 0 Å². The lowest BCUT2D eigenvalue weighted by atomic mass is 10.1. The van der Waals surface area contributed by atoms with E-state index in [1.807, 2.05) is 0 Å². The van der Waals surface area contributed by atoms with Crippen LogP contribution in [0.5, 0.6) is 5.06 Å². The zero-order chi connectivity index (χ0) is 10.1. The van der Waals surface area contributed by atoms with Gasteiger partial charge in [-0.25, -0.2) is 0 Å². The number of carbonyl (C=O) groups is 1. The molecule has 0 atom stereocenters. The van der Waals surface area contributed by atoms with Crippen LogP contribution in [-0.2, 0) is 5.88 Å². The molecule has 0 unspecified atom stereocenters. The summed E-state index contributed by atoms with van der Waals surface area (Å²) in [5, 5.41) is 10.5. The number of alkyl halides is 1. The van der Waals surface area contributed by atoms with Gasteiger partial charge in [0.2, 0.25) is 0 Å². The number of halogens is 1. The number of hydrogen-bond donors (Lipinski definition) is 1. The van der Waals surface area contributed by atoms with Gasteiger partial charge in [-0.15, -0.1) is 11.6 Å². The molecule has 0 saturated heterocycles. The van der Waals surface area contributed by atoms with Crippen molar-refractivity contribution in [3.63, 3.8) is 0 Å². The Kier molecular flexibility index (Phi) is 2.44. The van der Waals surface area contributed by atoms with Crippen LogP contribution in [0.1, 0.15) is 15.9 Å². The van der Waals surface area contributed by atoms with Crippen molar-refractivity contribution < 1.29 is 9.90 Å². The Morgan fingerprint density at radius 1 is 1.43 bits per heavy atom. The van der Waals surface area contributed by atoms with Crippen molar-refractivity contribution in [3.8, 4) is 5.06 Å². The molecular weight excluding hydrogens is 220 g/mol. The maximum atomic E-state index is 10.6. The summed E-state index contributed by atoms with van der Waals surface area (Å²) in [6.45, 7) is 0. The van der Waals surface area contributed by atoms with Crippen molar-refractivity contribution >= 4 is 39.3 Å². The third kappa shape index (κ3) is 1.49. The van der Waals surface area contributed by atoms with Gasteiger partial charge >= 0.3 is 0 Å². The number of hydrogen-bond acceptors (Lipinski definition) is 3. The predicted octanol–water partition coefficient (Wildman–Crippen LogP) is 3.16. The van der Waals surface area contributed by atoms with E-state index in [1.165, 1.54) is 11.3 Å². The summed E-state index contributed by atoms with van der Waals surface area (Å²) in [7, 11) is 0. The molecule has 72 valence electrons. The summed E-state index contributed by atoms with van der Waals surface area (Å²) in [6.07, 6.45) is 0.784. The summed E-state index contributed by atoms with van der Waals surface area (Å²) in [4.78, 5) is 10.6. The fourth-order valence-corrected chi connectivity index (χ4v) is 2.52. The molecule has 0 fully saturated rings. The largest absolute Gasteiger partial charge is 0.499 e. The maximum absolute atomic E-state index is 10.6. The molecule has 0 aliphatic carbocycles. The van der Waals surface area contributed by atoms with Crippen LogP contribution >= 0.6 is 22.9 Å². The number of aldehydes is 1. The number of aromatic hydroxyl groups is 1. The van der Waals surface area contributed by atoms with Crippen LogP contribution in [-0.4, -0.2) is 11.4 Å². The van der Waals surface area contributed by atoms with E-state index in [0.29, 0.717) is 11.4 Å². The molecule has 2 nitrogen and oxygen atoms in total. The van der Waals surface area contributed by atoms with Gasteiger partial charge in [0.1, 0.15) is 6.29 Å². The van der Waals surface area contributed by atoms with Crippen LogP contribution in [0.3, 0.4) is 0 Å². The van der Waals surface area contributed by atoms with Gasteiger partial charge in [0.05, 0.1) is 0 Å². The van der Waals surface area contributed by atoms with Gasteiger partial charge in [0, 0.05) is 21.5 Å². The first-order valence-corrected chi connectivity index (χ1v) is 5.36. The standard InChI is InChI=1S/C10H7ClO2S/c11-4-7-1-6(5-12)2-9-8(7)3-10(13)14-9/h1-3,5,13H,4H2. The number of fused-ring (bicyclic) bond motifs is 1. The monoisotopic (exact) mass is 226 g/mol. The van der Waals surface area contributed by atoms with Gasteiger partial charge in [0.15, 0.2) is 5.06 Å². The molecule has 0 saturated carbocycles. The van der Waals surface area contributed by atoms with Gasteiger partial charge in [-0.3, -0.25) is 4.79 Å². The van der Waals surface area contributed by atoms with Crippen molar-refractivity contribution in [2.24, 2.45) is 0 Å². The Hall–Kier alpha value is -1.06. The molecule has 0 aliphatic heterocycles. The van der Waals surface area contributed by atoms with Crippen molar-refractivity contribution in [1.82, 2.24) is 0 Å². The summed E-state index contributed by atoms with van der Waals surface area (Å²) in [5.41, 5.74) is 1.47. The number of benzene rings is 1. The maximum Gasteiger partial charge on any atom is 0.172 e. The SMILES string of the molecule is O=Cc1cc(CCl)c2cc(O)sc2c1. The van der Waals surface area contributed by atoms with Gasteiger partial charge < -0.3 is 5.11 Å². The summed E-state index contributed by atoms with van der Waals surface area (Å²) >= 11 is 7.00. The molecule has 2 aromatic rings. The molecular formula is C10H7ClO2S. The highest BCUT2D eigenvalue weighted by atomic mass is 35.5. The second-order valence-electron chi connectivity index (χ2n) is 2.93. The Balaban J connectivity index is 2.78. The lowest BCUT2D eigenvalue weighted by Gasteiger charge is -1.99. The van der Waals surface area contributed by atoms with E-state index in [-0.39, 0.29) is 5.06 Å². The molecule has 1 aromatic carbocycles. The van der Waals surface area contributed by atoms with Crippen molar-refractivity contribution in [2.45, 2.75) is 5.88 Å². The minimum absolute atomic E-state index is 0.245. The van der Waals surface area contributed by atoms with Gasteiger partial charge in [0.25, 0.3) is 0 Å². The molecule has 1 N–H and O–H groups in total. The summed E-state index contributed by atoms with van der Waals surface area (Å²) in [5.74, 6) is 0.342. The van der Waals surface area contributed by atoms with Crippen molar-refractivity contribution in [2.75, 3.05) is 0 Å². The lowest BCUT2D eigenvalue weighted by Crippen LogP contribution is -1.84. The van der Waals surface area contributed by atoms with Crippen LogP contribution in [0.2, 0.25) is 0 Å². The molecule has 2 rings (SSSR count). The second kappa shape index (κ2) is 3.59. The van der Waals surface area contributed by atoms with E-state index >= 15 is 0 Å². The fraction of sp³-hybridized carbons (Fsp3) is 0.100. The van der Waals surface area contributed by atoms with Gasteiger partial charge in [-0.2, -0.15) is 0 Å². The molecule has 0 spiro atoms. The minimum Gasteiger partial charge on any atom is -0.499 e. The second-order valence-corrected chi connectivity index (χ2v) is 4.26. The van der Waals surface area contributed by atoms with Crippen LogP contribution in [0.4, 0.5) is 0 Å². The zero-order valence-electron chi connectivity index (χ0n) is 7.16. The molecule has 4 heteroatoms. The summed E-state index contributed by atoms with van der Waals surface area (Å²) in [6, 6.07) is 5.17. The van der Waals surface area contributed by atoms with E-state index in [2.05, 4.69) is 0 Å². The van der Waals surface area contributed by atoms with E-state index < -0.39 is 0 Å². The smallest absolute Gasteiger partial charge is 0.172 e. The van der Waals surface area contributed by atoms with E-state index in [0.717, 1.165) is 21.9 Å². The van der Waals surface area contributed by atoms with E-state index in [4.69, 9.17) is 11.6 Å². The Morgan fingerprint density at radius 2 is 2.21 bits per heavy atom. The van der Waals surface area contributed by atoms with Crippen LogP contribution < -0.4 is 0 Å². The highest BCUT2D eigenvalue weighted by Crippen LogP contribution is 2.34. The molecule has 1 heterocycles. The van der Waals surface area contributed by atoms with Crippen LogP contribution in [0.25, 0.3) is 10.1 Å². The normalized spacial score (nSPS) is 10.6. The van der Waals surface area contributed by atoms with E-state index in [1.54, 1.807) is 18.2 Å². The number of rotatable bonds is 2. The Morgan fingerprint density at radius 3 is 2.86 bits per heavy atom. The highest BCUT2D eigenvalue weighted by Gasteiger charge is 2.07.